The average Bonchev–Trinajstić information content (AvgIpc) is 3.12. The summed E-state index contributed by atoms with van der Waals surface area (Å²) in [5.41, 5.74) is 3.37. The summed E-state index contributed by atoms with van der Waals surface area (Å²) in [5, 5.41) is 2.49. The van der Waals surface area contributed by atoms with Crippen molar-refractivity contribution in [2.24, 2.45) is 5.92 Å². The predicted octanol–water partition coefficient (Wildman–Crippen LogP) is 8.54. The summed E-state index contributed by atoms with van der Waals surface area (Å²) < 4.78 is 38.5. The van der Waals surface area contributed by atoms with Gasteiger partial charge in [0.05, 0.1) is 5.56 Å². The molecule has 28 heavy (non-hydrogen) atoms. The van der Waals surface area contributed by atoms with E-state index in [0.29, 0.717) is 11.2 Å². The molecule has 1 aromatic heterocycles. The Hall–Kier alpha value is -1.72. The minimum Gasteiger partial charge on any atom is -0.166 e. The lowest BCUT2D eigenvalue weighted by Gasteiger charge is -2.21. The van der Waals surface area contributed by atoms with E-state index in [1.54, 1.807) is 23.5 Å². The summed E-state index contributed by atoms with van der Waals surface area (Å²) in [7, 11) is 0. The van der Waals surface area contributed by atoms with E-state index in [1.807, 2.05) is 25.6 Å². The van der Waals surface area contributed by atoms with E-state index in [0.717, 1.165) is 34.4 Å². The molecule has 0 spiro atoms. The third-order valence-corrected chi connectivity index (χ3v) is 7.36. The topological polar surface area (TPSA) is 0 Å². The molecule has 0 bridgehead atoms. The Morgan fingerprint density at radius 3 is 2.00 bits per heavy atom. The zero-order chi connectivity index (χ0) is 20.5. The third kappa shape index (κ3) is 4.64. The zero-order valence-corrected chi connectivity index (χ0v) is 17.9. The fourth-order valence-corrected chi connectivity index (χ4v) is 5.83. The Balaban J connectivity index is 1.91. The van der Waals surface area contributed by atoms with Crippen molar-refractivity contribution >= 4 is 23.1 Å². The Bertz CT molecular complexity index is 900. The Morgan fingerprint density at radius 2 is 1.54 bits per heavy atom. The van der Waals surface area contributed by atoms with Gasteiger partial charge in [0.2, 0.25) is 0 Å². The van der Waals surface area contributed by atoms with Gasteiger partial charge in [0.1, 0.15) is 0 Å². The molecule has 0 aliphatic carbocycles. The smallest absolute Gasteiger partial charge is 0.166 e. The molecule has 3 aromatic rings. The molecule has 0 fully saturated rings. The molecular weight excluding hydrogens is 397 g/mol. The maximum Gasteiger partial charge on any atom is 0.416 e. The molecule has 1 heterocycles. The molecule has 5 heteroatoms. The van der Waals surface area contributed by atoms with E-state index in [2.05, 4.69) is 43.5 Å². The summed E-state index contributed by atoms with van der Waals surface area (Å²) in [6.07, 6.45) is -4.31. The number of benzene rings is 2. The highest BCUT2D eigenvalue weighted by Gasteiger charge is 2.30. The van der Waals surface area contributed by atoms with Crippen LogP contribution in [0, 0.1) is 19.8 Å². The summed E-state index contributed by atoms with van der Waals surface area (Å²) in [6.45, 7) is 8.51. The van der Waals surface area contributed by atoms with Crippen LogP contribution in [0.5, 0.6) is 0 Å². The molecule has 0 nitrogen and oxygen atoms in total. The quantitative estimate of drug-likeness (QED) is 0.373. The first kappa shape index (κ1) is 21.0. The van der Waals surface area contributed by atoms with Crippen molar-refractivity contribution in [3.05, 3.63) is 75.5 Å². The van der Waals surface area contributed by atoms with Gasteiger partial charge in [-0.1, -0.05) is 32.0 Å². The molecule has 1 atom stereocenters. The lowest BCUT2D eigenvalue weighted by molar-refractivity contribution is -0.137. The zero-order valence-electron chi connectivity index (χ0n) is 16.3. The first-order valence-electron chi connectivity index (χ1n) is 9.15. The molecule has 3 rings (SSSR count). The van der Waals surface area contributed by atoms with Gasteiger partial charge in [0.15, 0.2) is 0 Å². The monoisotopic (exact) mass is 420 g/mol. The van der Waals surface area contributed by atoms with Gasteiger partial charge in [-0.15, -0.1) is 23.1 Å². The van der Waals surface area contributed by atoms with E-state index < -0.39 is 11.7 Å². The highest BCUT2D eigenvalue weighted by molar-refractivity contribution is 7.99. The molecule has 0 amide bonds. The normalized spacial score (nSPS) is 13.1. The van der Waals surface area contributed by atoms with E-state index in [1.165, 1.54) is 9.77 Å². The minimum atomic E-state index is -4.31. The second-order valence-electron chi connectivity index (χ2n) is 7.31. The van der Waals surface area contributed by atoms with Crippen LogP contribution in [0.1, 0.15) is 40.7 Å². The van der Waals surface area contributed by atoms with Crippen LogP contribution in [0.25, 0.3) is 11.1 Å². The molecule has 0 saturated heterocycles. The molecule has 2 aromatic carbocycles. The van der Waals surface area contributed by atoms with Crippen molar-refractivity contribution in [3.8, 4) is 11.1 Å². The minimum absolute atomic E-state index is 0.385. The fourth-order valence-electron chi connectivity index (χ4n) is 3.40. The Labute approximate surface area is 172 Å². The number of hydrogen-bond donors (Lipinski definition) is 0. The van der Waals surface area contributed by atoms with Gasteiger partial charge in [0, 0.05) is 15.0 Å². The predicted molar refractivity (Wildman–Crippen MR) is 114 cm³/mol. The Morgan fingerprint density at radius 1 is 0.929 bits per heavy atom. The lowest BCUT2D eigenvalue weighted by Crippen LogP contribution is -2.04. The van der Waals surface area contributed by atoms with Gasteiger partial charge in [-0.25, -0.2) is 0 Å². The van der Waals surface area contributed by atoms with Crippen molar-refractivity contribution in [3.63, 3.8) is 0 Å². The van der Waals surface area contributed by atoms with Gasteiger partial charge >= 0.3 is 6.18 Å². The standard InChI is InChI=1S/C23H23F3S2/c1-14(2)22(20-6-5-11-27-20)28-19-12-15(3)21(16(4)13-19)17-7-9-18(10-8-17)23(24,25)26/h5-14,22H,1-4H3. The number of aryl methyl sites for hydroxylation is 2. The molecule has 0 saturated carbocycles. The van der Waals surface area contributed by atoms with E-state index >= 15 is 0 Å². The van der Waals surface area contributed by atoms with Crippen LogP contribution in [0.3, 0.4) is 0 Å². The van der Waals surface area contributed by atoms with Gasteiger partial charge in [-0.2, -0.15) is 13.2 Å². The van der Waals surface area contributed by atoms with Crippen LogP contribution < -0.4 is 0 Å². The van der Waals surface area contributed by atoms with Gasteiger partial charge in [-0.3, -0.25) is 0 Å². The molecule has 0 aliphatic rings. The lowest BCUT2D eigenvalue weighted by atomic mass is 9.95. The SMILES string of the molecule is Cc1cc(SC(c2cccs2)C(C)C)cc(C)c1-c1ccc(C(F)(F)F)cc1. The number of thioether (sulfide) groups is 1. The van der Waals surface area contributed by atoms with Crippen LogP contribution in [0.2, 0.25) is 0 Å². The highest BCUT2D eigenvalue weighted by atomic mass is 32.2. The molecular formula is C23H23F3S2. The van der Waals surface area contributed by atoms with Crippen molar-refractivity contribution in [1.29, 1.82) is 0 Å². The molecule has 0 N–H and O–H groups in total. The van der Waals surface area contributed by atoms with Gasteiger partial charge in [0.25, 0.3) is 0 Å². The summed E-state index contributed by atoms with van der Waals surface area (Å²) >= 11 is 3.63. The van der Waals surface area contributed by atoms with Crippen LogP contribution in [-0.2, 0) is 6.18 Å². The maximum atomic E-state index is 12.8. The van der Waals surface area contributed by atoms with Crippen molar-refractivity contribution in [1.82, 2.24) is 0 Å². The first-order valence-corrected chi connectivity index (χ1v) is 10.9. The fraction of sp³-hybridized carbons (Fsp3) is 0.304. The van der Waals surface area contributed by atoms with E-state index in [9.17, 15) is 13.2 Å². The van der Waals surface area contributed by atoms with Crippen LogP contribution in [0.15, 0.2) is 58.8 Å². The average molecular weight is 421 g/mol. The molecule has 148 valence electrons. The number of halogens is 3. The molecule has 0 radical (unpaired) electrons. The summed E-state index contributed by atoms with van der Waals surface area (Å²) in [5.74, 6) is 0.499. The number of thiophene rings is 1. The highest BCUT2D eigenvalue weighted by Crippen LogP contribution is 2.44. The first-order chi connectivity index (χ1) is 13.2. The Kier molecular flexibility index (Phi) is 6.25. The number of rotatable bonds is 5. The number of hydrogen-bond acceptors (Lipinski definition) is 2. The van der Waals surface area contributed by atoms with E-state index in [-0.39, 0.29) is 0 Å². The summed E-state index contributed by atoms with van der Waals surface area (Å²) in [4.78, 5) is 2.56. The van der Waals surface area contributed by atoms with E-state index in [4.69, 9.17) is 0 Å². The van der Waals surface area contributed by atoms with Gasteiger partial charge in [-0.05, 0) is 77.7 Å². The molecule has 1 unspecified atom stereocenters. The van der Waals surface area contributed by atoms with Crippen molar-refractivity contribution in [2.45, 2.75) is 44.0 Å². The van der Waals surface area contributed by atoms with Crippen molar-refractivity contribution < 1.29 is 13.2 Å². The van der Waals surface area contributed by atoms with Crippen LogP contribution in [0.4, 0.5) is 13.2 Å². The maximum absolute atomic E-state index is 12.8. The van der Waals surface area contributed by atoms with Crippen LogP contribution in [-0.4, -0.2) is 0 Å². The largest absolute Gasteiger partial charge is 0.416 e. The second-order valence-corrected chi connectivity index (χ2v) is 9.50. The van der Waals surface area contributed by atoms with Crippen LogP contribution >= 0.6 is 23.1 Å². The summed E-state index contributed by atoms with van der Waals surface area (Å²) in [6, 6.07) is 14.0. The third-order valence-electron chi connectivity index (χ3n) is 4.70. The number of alkyl halides is 3. The van der Waals surface area contributed by atoms with Crippen molar-refractivity contribution in [2.75, 3.05) is 0 Å². The second kappa shape index (κ2) is 8.34. The van der Waals surface area contributed by atoms with Gasteiger partial charge < -0.3 is 0 Å². The molecule has 0 aliphatic heterocycles.